The van der Waals surface area contributed by atoms with Gasteiger partial charge in [0.2, 0.25) is 17.7 Å². The molecule has 2 aromatic heterocycles. The van der Waals surface area contributed by atoms with E-state index in [0.717, 1.165) is 27.3 Å². The minimum absolute atomic E-state index is 0.0220. The van der Waals surface area contributed by atoms with Crippen molar-refractivity contribution in [3.05, 3.63) is 81.6 Å². The first-order valence-electron chi connectivity index (χ1n) is 20.0. The van der Waals surface area contributed by atoms with Crippen LogP contribution in [-0.4, -0.2) is 87.5 Å². The third-order valence-electron chi connectivity index (χ3n) is 9.82. The van der Waals surface area contributed by atoms with Crippen molar-refractivity contribution in [3.8, 4) is 22.1 Å². The largest absolute Gasteiger partial charge is 0.490 e. The summed E-state index contributed by atoms with van der Waals surface area (Å²) in [4.78, 5) is 58.2. The number of thiazole rings is 1. The number of aryl methyl sites for hydroxylation is 2. The predicted octanol–water partition coefficient (Wildman–Crippen LogP) is 6.33. The zero-order valence-electron chi connectivity index (χ0n) is 34.9. The molecule has 1 fully saturated rings. The van der Waals surface area contributed by atoms with Crippen molar-refractivity contribution < 1.29 is 43.0 Å². The fourth-order valence-electron chi connectivity index (χ4n) is 6.84. The van der Waals surface area contributed by atoms with E-state index in [0.29, 0.717) is 29.4 Å². The average Bonchev–Trinajstić information content (AvgIpc) is 3.93. The van der Waals surface area contributed by atoms with Crippen LogP contribution in [0.1, 0.15) is 88.8 Å². The second-order valence-electron chi connectivity index (χ2n) is 16.2. The number of aliphatic hydroxyl groups excluding tert-OH is 1. The number of nitrogens with two attached hydrogens (primary N) is 1. The van der Waals surface area contributed by atoms with Gasteiger partial charge >= 0.3 is 6.09 Å². The van der Waals surface area contributed by atoms with Gasteiger partial charge in [0.25, 0.3) is 5.88 Å². The molecule has 15 nitrogen and oxygen atoms in total. The van der Waals surface area contributed by atoms with Gasteiger partial charge in [0.05, 0.1) is 39.9 Å². The van der Waals surface area contributed by atoms with Crippen molar-refractivity contribution in [2.45, 2.75) is 110 Å². The maximum absolute atomic E-state index is 14.1. The second kappa shape index (κ2) is 20.9. The zero-order chi connectivity index (χ0) is 43.6. The second-order valence-corrected chi connectivity index (χ2v) is 17.4. The summed E-state index contributed by atoms with van der Waals surface area (Å²) in [5.41, 5.74) is 10.2. The van der Waals surface area contributed by atoms with Gasteiger partial charge in [0.15, 0.2) is 5.76 Å². The lowest BCUT2D eigenvalue weighted by molar-refractivity contribution is -0.141. The standard InChI is InChI=1S/C43H55ClN6O9S/c1-25(2)37(41(54)50-22-31(51)19-32(50)40(53)46-21-27-12-14-29(15-13-27)39-26(3)47-24-60-39)34-20-36(49-59-34)56-18-8-10-28-9-7-11-33(38(28)44)57-23-30(16-17-35(45)52)48-42(55)58-43(4,5)6/h7,9,11-15,20,24-25,30-32,37,51H,8,10,16-19,21-23H2,1-6H3,(H2,45,52)(H,46,53)(H,48,55)/t30-,31+,32-,37+/m0/s1. The van der Waals surface area contributed by atoms with Crippen molar-refractivity contribution in [3.63, 3.8) is 0 Å². The van der Waals surface area contributed by atoms with E-state index in [1.807, 2.05) is 62.7 Å². The maximum atomic E-state index is 14.1. The lowest BCUT2D eigenvalue weighted by Gasteiger charge is -2.28. The molecule has 17 heteroatoms. The van der Waals surface area contributed by atoms with Gasteiger partial charge in [-0.05, 0) is 80.8 Å². The number of nitrogens with one attached hydrogen (secondary N) is 2. The fourth-order valence-corrected chi connectivity index (χ4v) is 7.93. The number of aromatic nitrogens is 2. The number of hydrogen-bond acceptors (Lipinski definition) is 12. The van der Waals surface area contributed by atoms with Gasteiger partial charge in [0.1, 0.15) is 29.9 Å². The molecular weight excluding hydrogens is 812 g/mol. The number of benzene rings is 2. The molecule has 0 aliphatic carbocycles. The van der Waals surface area contributed by atoms with Crippen LogP contribution in [0.2, 0.25) is 5.02 Å². The van der Waals surface area contributed by atoms with Crippen LogP contribution in [0.15, 0.2) is 58.6 Å². The van der Waals surface area contributed by atoms with Crippen LogP contribution in [0.25, 0.3) is 10.4 Å². The number of aliphatic hydroxyl groups is 1. The summed E-state index contributed by atoms with van der Waals surface area (Å²) in [6.45, 7) is 11.6. The number of rotatable bonds is 19. The molecule has 0 spiro atoms. The van der Waals surface area contributed by atoms with Gasteiger partial charge in [-0.25, -0.2) is 9.78 Å². The number of β-amino-alcohol motifs (C(OH)–C–C–N with tert-alkyl or cyclic N) is 1. The number of likely N-dealkylation sites (tertiary alicyclic amines) is 1. The van der Waals surface area contributed by atoms with Gasteiger partial charge in [-0.2, -0.15) is 0 Å². The van der Waals surface area contributed by atoms with Crippen LogP contribution in [0.5, 0.6) is 11.6 Å². The summed E-state index contributed by atoms with van der Waals surface area (Å²) in [5.74, 6) is -1.26. The third kappa shape index (κ3) is 12.9. The quantitative estimate of drug-likeness (QED) is 0.0766. The topological polar surface area (TPSA) is 208 Å². The predicted molar refractivity (Wildman–Crippen MR) is 227 cm³/mol. The number of alkyl carbamates (subject to hydrolysis) is 1. The molecule has 5 rings (SSSR count). The Morgan fingerprint density at radius 1 is 1.12 bits per heavy atom. The number of primary amides is 1. The first-order valence-corrected chi connectivity index (χ1v) is 21.3. The highest BCUT2D eigenvalue weighted by Gasteiger charge is 2.43. The number of amides is 4. The minimum atomic E-state index is -0.848. The number of hydrogen-bond donors (Lipinski definition) is 4. The van der Waals surface area contributed by atoms with Crippen LogP contribution >= 0.6 is 22.9 Å². The molecule has 324 valence electrons. The number of ether oxygens (including phenoxy) is 3. The van der Waals surface area contributed by atoms with Crippen molar-refractivity contribution in [2.75, 3.05) is 19.8 Å². The molecule has 1 aliphatic heterocycles. The summed E-state index contributed by atoms with van der Waals surface area (Å²) in [6, 6.07) is 13.5. The highest BCUT2D eigenvalue weighted by atomic mass is 35.5. The lowest BCUT2D eigenvalue weighted by atomic mass is 9.91. The van der Waals surface area contributed by atoms with E-state index in [2.05, 4.69) is 20.8 Å². The minimum Gasteiger partial charge on any atom is -0.490 e. The lowest BCUT2D eigenvalue weighted by Crippen LogP contribution is -2.48. The summed E-state index contributed by atoms with van der Waals surface area (Å²) in [5, 5.41) is 20.7. The molecule has 3 heterocycles. The van der Waals surface area contributed by atoms with E-state index in [9.17, 15) is 24.3 Å². The van der Waals surface area contributed by atoms with E-state index in [-0.39, 0.29) is 69.2 Å². The van der Waals surface area contributed by atoms with Crippen LogP contribution < -0.4 is 25.8 Å². The molecule has 4 atom stereocenters. The Balaban J connectivity index is 1.13. The van der Waals surface area contributed by atoms with Crippen molar-refractivity contribution in [1.29, 1.82) is 0 Å². The molecule has 1 saturated heterocycles. The molecule has 0 saturated carbocycles. The first kappa shape index (κ1) is 45.9. The normalized spacial score (nSPS) is 16.3. The molecule has 0 radical (unpaired) electrons. The van der Waals surface area contributed by atoms with Gasteiger partial charge in [-0.3, -0.25) is 14.4 Å². The van der Waals surface area contributed by atoms with E-state index >= 15 is 0 Å². The first-order chi connectivity index (χ1) is 28.5. The van der Waals surface area contributed by atoms with E-state index in [4.69, 9.17) is 36.1 Å². The Morgan fingerprint density at radius 3 is 2.53 bits per heavy atom. The number of carbonyl (C=O) groups is 4. The number of carbonyl (C=O) groups excluding carboxylic acids is 4. The highest BCUT2D eigenvalue weighted by molar-refractivity contribution is 7.13. The summed E-state index contributed by atoms with van der Waals surface area (Å²) in [6.07, 6.45) is 0.0314. The van der Waals surface area contributed by atoms with Crippen LogP contribution in [0.3, 0.4) is 0 Å². The molecule has 4 aromatic rings. The van der Waals surface area contributed by atoms with Gasteiger partial charge < -0.3 is 45.1 Å². The smallest absolute Gasteiger partial charge is 0.407 e. The fraction of sp³-hybridized carbons (Fsp3) is 0.488. The number of nitrogens with zero attached hydrogens (tertiary/aromatic N) is 3. The molecule has 4 amide bonds. The Labute approximate surface area is 359 Å². The molecule has 1 aliphatic rings. The zero-order valence-corrected chi connectivity index (χ0v) is 36.4. The molecular formula is C43H55ClN6O9S. The molecule has 60 heavy (non-hydrogen) atoms. The van der Waals surface area contributed by atoms with E-state index in [1.165, 1.54) is 4.90 Å². The molecule has 0 bridgehead atoms. The Kier molecular flexibility index (Phi) is 16.0. The van der Waals surface area contributed by atoms with Crippen LogP contribution in [-0.2, 0) is 32.1 Å². The monoisotopic (exact) mass is 866 g/mol. The third-order valence-corrected chi connectivity index (χ3v) is 11.2. The molecule has 2 aromatic carbocycles. The van der Waals surface area contributed by atoms with Crippen molar-refractivity contribution in [2.24, 2.45) is 11.7 Å². The van der Waals surface area contributed by atoms with Crippen LogP contribution in [0, 0.1) is 12.8 Å². The van der Waals surface area contributed by atoms with Gasteiger partial charge in [-0.15, -0.1) is 11.3 Å². The highest BCUT2D eigenvalue weighted by Crippen LogP contribution is 2.33. The van der Waals surface area contributed by atoms with Crippen molar-refractivity contribution in [1.82, 2.24) is 25.7 Å². The van der Waals surface area contributed by atoms with E-state index in [1.54, 1.807) is 44.2 Å². The van der Waals surface area contributed by atoms with Crippen molar-refractivity contribution >= 4 is 46.8 Å². The summed E-state index contributed by atoms with van der Waals surface area (Å²) >= 11 is 8.29. The van der Waals surface area contributed by atoms with Gasteiger partial charge in [-0.1, -0.05) is 61.8 Å². The molecule has 0 unspecified atom stereocenters. The number of halogens is 1. The Bertz CT molecular complexity index is 2080. The summed E-state index contributed by atoms with van der Waals surface area (Å²) < 4.78 is 22.8. The molecule has 5 N–H and O–H groups in total. The van der Waals surface area contributed by atoms with E-state index < -0.39 is 41.7 Å². The maximum Gasteiger partial charge on any atom is 0.407 e. The van der Waals surface area contributed by atoms with Crippen LogP contribution in [0.4, 0.5) is 4.79 Å². The average molecular weight is 867 g/mol. The Hall–Kier alpha value is -5.19. The Morgan fingerprint density at radius 2 is 1.87 bits per heavy atom. The van der Waals surface area contributed by atoms with Gasteiger partial charge in [0, 0.05) is 32.0 Å². The SMILES string of the molecule is Cc1ncsc1-c1ccc(CNC(=O)[C@@H]2C[C@@H](O)CN2C(=O)[C@@H](c2cc(OCCCc3cccc(OC[C@H](CCC(N)=O)NC(=O)OC(C)(C)C)c3Cl)no2)C(C)C)cc1. The summed E-state index contributed by atoms with van der Waals surface area (Å²) in [7, 11) is 0.